The summed E-state index contributed by atoms with van der Waals surface area (Å²) in [5.41, 5.74) is 0. The maximum Gasteiger partial charge on any atom is 0.172 e. The smallest absolute Gasteiger partial charge is 0.172 e. The van der Waals surface area contributed by atoms with E-state index in [0.29, 0.717) is 6.04 Å². The van der Waals surface area contributed by atoms with Gasteiger partial charge in [0.05, 0.1) is 6.04 Å². The van der Waals surface area contributed by atoms with Crippen molar-refractivity contribution in [1.29, 1.82) is 0 Å². The Kier molecular flexibility index (Phi) is 1.17. The summed E-state index contributed by atoms with van der Waals surface area (Å²) < 4.78 is 0. The average Bonchev–Trinajstić information content (AvgIpc) is 2.13. The van der Waals surface area contributed by atoms with Gasteiger partial charge in [-0.2, -0.15) is 0 Å². The lowest BCUT2D eigenvalue weighted by atomic mass is 10.1. The molecule has 2 heteroatoms. The molecule has 0 saturated carbocycles. The summed E-state index contributed by atoms with van der Waals surface area (Å²) in [5, 5.41) is 0. The van der Waals surface area contributed by atoms with Crippen LogP contribution in [0.15, 0.2) is 12.2 Å². The normalized spacial score (nSPS) is 39.1. The van der Waals surface area contributed by atoms with Crippen molar-refractivity contribution in [3.05, 3.63) is 12.2 Å². The maximum atomic E-state index is 11.1. The molecule has 0 aliphatic carbocycles. The Hall–Kier alpha value is -0.630. The van der Waals surface area contributed by atoms with Gasteiger partial charge in [-0.25, -0.2) is 0 Å². The van der Waals surface area contributed by atoms with Gasteiger partial charge in [0.25, 0.3) is 0 Å². The molecule has 0 radical (unpaired) electrons. The maximum absolute atomic E-state index is 11.1. The van der Waals surface area contributed by atoms with Crippen molar-refractivity contribution in [3.63, 3.8) is 0 Å². The molecule has 54 valence electrons. The van der Waals surface area contributed by atoms with Gasteiger partial charge < -0.3 is 0 Å². The Morgan fingerprint density at radius 3 is 3.10 bits per heavy atom. The van der Waals surface area contributed by atoms with Crippen LogP contribution in [0.3, 0.4) is 0 Å². The van der Waals surface area contributed by atoms with Gasteiger partial charge in [0, 0.05) is 6.04 Å². The topological polar surface area (TPSA) is 20.3 Å². The van der Waals surface area contributed by atoms with Gasteiger partial charge in [0.2, 0.25) is 0 Å². The van der Waals surface area contributed by atoms with E-state index in [1.54, 1.807) is 6.08 Å². The van der Waals surface area contributed by atoms with Crippen LogP contribution in [0.4, 0.5) is 0 Å². The minimum atomic E-state index is 0.204. The van der Waals surface area contributed by atoms with Crippen molar-refractivity contribution >= 4 is 5.78 Å². The summed E-state index contributed by atoms with van der Waals surface area (Å²) in [7, 11) is 2.03. The zero-order chi connectivity index (χ0) is 7.14. The van der Waals surface area contributed by atoms with Crippen LogP contribution in [0.25, 0.3) is 0 Å². The quantitative estimate of drug-likeness (QED) is 0.487. The molecule has 2 heterocycles. The van der Waals surface area contributed by atoms with E-state index in [1.807, 2.05) is 13.1 Å². The number of carbonyl (C=O) groups is 1. The van der Waals surface area contributed by atoms with E-state index in [4.69, 9.17) is 0 Å². The summed E-state index contributed by atoms with van der Waals surface area (Å²) in [5.74, 6) is 0.288. The van der Waals surface area contributed by atoms with E-state index in [2.05, 4.69) is 4.90 Å². The molecule has 1 saturated heterocycles. The van der Waals surface area contributed by atoms with Crippen LogP contribution in [0.2, 0.25) is 0 Å². The van der Waals surface area contributed by atoms with Gasteiger partial charge in [-0.05, 0) is 26.0 Å². The SMILES string of the molecule is CN1C2C=CC(=O)C1CC2. The molecule has 2 rings (SSSR count). The summed E-state index contributed by atoms with van der Waals surface area (Å²) in [6.45, 7) is 0. The largest absolute Gasteiger partial charge is 0.293 e. The van der Waals surface area contributed by atoms with E-state index in [0.717, 1.165) is 12.8 Å². The number of fused-ring (bicyclic) bond motifs is 2. The van der Waals surface area contributed by atoms with Crippen LogP contribution in [-0.2, 0) is 4.79 Å². The molecule has 0 spiro atoms. The molecule has 0 aromatic rings. The van der Waals surface area contributed by atoms with E-state index in [-0.39, 0.29) is 11.8 Å². The highest BCUT2D eigenvalue weighted by Gasteiger charge is 2.35. The van der Waals surface area contributed by atoms with Crippen molar-refractivity contribution in [2.75, 3.05) is 7.05 Å². The van der Waals surface area contributed by atoms with E-state index in [1.165, 1.54) is 0 Å². The zero-order valence-electron chi connectivity index (χ0n) is 6.08. The third kappa shape index (κ3) is 0.655. The van der Waals surface area contributed by atoms with E-state index >= 15 is 0 Å². The van der Waals surface area contributed by atoms with Gasteiger partial charge in [-0.1, -0.05) is 6.08 Å². The molecule has 2 nitrogen and oxygen atoms in total. The van der Waals surface area contributed by atoms with Gasteiger partial charge in [0.1, 0.15) is 0 Å². The monoisotopic (exact) mass is 137 g/mol. The first-order valence-corrected chi connectivity index (χ1v) is 3.73. The lowest BCUT2D eigenvalue weighted by molar-refractivity contribution is -0.119. The highest BCUT2D eigenvalue weighted by atomic mass is 16.1. The Balaban J connectivity index is 2.33. The summed E-state index contributed by atoms with van der Waals surface area (Å²) in [4.78, 5) is 13.3. The first-order valence-electron chi connectivity index (χ1n) is 3.73. The Labute approximate surface area is 60.5 Å². The van der Waals surface area contributed by atoms with Gasteiger partial charge in [-0.15, -0.1) is 0 Å². The zero-order valence-corrected chi connectivity index (χ0v) is 6.08. The third-order valence-electron chi connectivity index (χ3n) is 2.56. The van der Waals surface area contributed by atoms with E-state index in [9.17, 15) is 4.79 Å². The number of ketones is 1. The summed E-state index contributed by atoms with van der Waals surface area (Å²) in [6.07, 6.45) is 5.96. The molecular formula is C8H11NO. The lowest BCUT2D eigenvalue weighted by Gasteiger charge is -2.25. The Morgan fingerprint density at radius 1 is 1.60 bits per heavy atom. The molecule has 0 aromatic heterocycles. The molecular weight excluding hydrogens is 126 g/mol. The van der Waals surface area contributed by atoms with Crippen molar-refractivity contribution in [1.82, 2.24) is 4.90 Å². The predicted molar refractivity (Wildman–Crippen MR) is 38.7 cm³/mol. The fourth-order valence-electron chi connectivity index (χ4n) is 1.86. The molecule has 0 amide bonds. The molecule has 0 aromatic carbocycles. The molecule has 2 aliphatic heterocycles. The Morgan fingerprint density at radius 2 is 2.40 bits per heavy atom. The van der Waals surface area contributed by atoms with Crippen LogP contribution in [0, 0.1) is 0 Å². The fourth-order valence-corrected chi connectivity index (χ4v) is 1.86. The second-order valence-electron chi connectivity index (χ2n) is 3.09. The standard InChI is InChI=1S/C8H11NO/c1-9-6-2-4-7(9)8(10)5-3-6/h3,5-7H,2,4H2,1H3. The fraction of sp³-hybridized carbons (Fsp3) is 0.625. The summed E-state index contributed by atoms with van der Waals surface area (Å²) in [6, 6.07) is 0.748. The number of carbonyl (C=O) groups excluding carboxylic acids is 1. The van der Waals surface area contributed by atoms with Crippen molar-refractivity contribution < 1.29 is 4.79 Å². The highest BCUT2D eigenvalue weighted by molar-refractivity contribution is 5.95. The number of rotatable bonds is 0. The molecule has 2 atom stereocenters. The van der Waals surface area contributed by atoms with Crippen molar-refractivity contribution in [2.24, 2.45) is 0 Å². The molecule has 10 heavy (non-hydrogen) atoms. The molecule has 0 N–H and O–H groups in total. The average molecular weight is 137 g/mol. The van der Waals surface area contributed by atoms with Crippen LogP contribution < -0.4 is 0 Å². The number of nitrogens with zero attached hydrogens (tertiary/aromatic N) is 1. The second kappa shape index (κ2) is 1.92. The van der Waals surface area contributed by atoms with E-state index < -0.39 is 0 Å². The second-order valence-corrected chi connectivity index (χ2v) is 3.09. The number of hydrogen-bond donors (Lipinski definition) is 0. The van der Waals surface area contributed by atoms with Crippen LogP contribution in [0.5, 0.6) is 0 Å². The number of hydrogen-bond acceptors (Lipinski definition) is 2. The number of likely N-dealkylation sites (N-methyl/N-ethyl adjacent to an activating group) is 1. The van der Waals surface area contributed by atoms with Gasteiger partial charge in [0.15, 0.2) is 5.78 Å². The lowest BCUT2D eigenvalue weighted by Crippen LogP contribution is -2.39. The minimum absolute atomic E-state index is 0.204. The molecule has 1 fully saturated rings. The van der Waals surface area contributed by atoms with Crippen molar-refractivity contribution in [3.8, 4) is 0 Å². The van der Waals surface area contributed by atoms with Crippen LogP contribution >= 0.6 is 0 Å². The van der Waals surface area contributed by atoms with Crippen LogP contribution in [0.1, 0.15) is 12.8 Å². The predicted octanol–water partition coefficient (Wildman–Crippen LogP) is 0.588. The van der Waals surface area contributed by atoms with Crippen molar-refractivity contribution in [2.45, 2.75) is 24.9 Å². The third-order valence-corrected chi connectivity index (χ3v) is 2.56. The molecule has 2 bridgehead atoms. The minimum Gasteiger partial charge on any atom is -0.293 e. The first-order chi connectivity index (χ1) is 4.79. The highest BCUT2D eigenvalue weighted by Crippen LogP contribution is 2.27. The summed E-state index contributed by atoms with van der Waals surface area (Å²) >= 11 is 0. The Bertz CT molecular complexity index is 197. The van der Waals surface area contributed by atoms with Crippen LogP contribution in [-0.4, -0.2) is 29.8 Å². The molecule has 2 unspecified atom stereocenters. The van der Waals surface area contributed by atoms with Gasteiger partial charge >= 0.3 is 0 Å². The molecule has 2 aliphatic rings. The first kappa shape index (κ1) is 6.10. The van der Waals surface area contributed by atoms with Gasteiger partial charge in [-0.3, -0.25) is 9.69 Å².